The molecule has 1 aliphatic heterocycles. The van der Waals surface area contributed by atoms with Crippen LogP contribution in [0.1, 0.15) is 50.6 Å². The topological polar surface area (TPSA) is 75.9 Å². The van der Waals surface area contributed by atoms with Crippen molar-refractivity contribution in [2.24, 2.45) is 5.92 Å². The van der Waals surface area contributed by atoms with Crippen molar-refractivity contribution in [1.29, 1.82) is 0 Å². The smallest absolute Gasteiger partial charge is 0.410 e. The minimum absolute atomic E-state index is 0.0656. The number of hydrogen-bond acceptors (Lipinski definition) is 5. The van der Waals surface area contributed by atoms with Crippen molar-refractivity contribution < 1.29 is 18.8 Å². The Kier molecular flexibility index (Phi) is 5.75. The van der Waals surface area contributed by atoms with Crippen LogP contribution in [-0.2, 0) is 16.1 Å². The largest absolute Gasteiger partial charge is 0.444 e. The number of nitrogens with zero attached hydrogens (tertiary/aromatic N) is 3. The monoisotopic (exact) mass is 351 g/mol. The third-order valence-corrected chi connectivity index (χ3v) is 4.45. The van der Waals surface area contributed by atoms with Crippen molar-refractivity contribution in [3.05, 3.63) is 17.0 Å². The highest BCUT2D eigenvalue weighted by Crippen LogP contribution is 2.23. The van der Waals surface area contributed by atoms with Crippen molar-refractivity contribution in [2.45, 2.75) is 59.6 Å². The fraction of sp³-hybridized carbons (Fsp3) is 0.722. The van der Waals surface area contributed by atoms with E-state index in [1.807, 2.05) is 34.6 Å². The van der Waals surface area contributed by atoms with E-state index in [2.05, 4.69) is 5.16 Å². The van der Waals surface area contributed by atoms with Crippen molar-refractivity contribution >= 4 is 12.0 Å². The summed E-state index contributed by atoms with van der Waals surface area (Å²) in [4.78, 5) is 28.2. The van der Waals surface area contributed by atoms with E-state index in [1.165, 1.54) is 0 Å². The summed E-state index contributed by atoms with van der Waals surface area (Å²) in [5.41, 5.74) is 1.28. The van der Waals surface area contributed by atoms with Gasteiger partial charge in [0.25, 0.3) is 0 Å². The Labute approximate surface area is 149 Å². The van der Waals surface area contributed by atoms with Crippen LogP contribution >= 0.6 is 0 Å². The van der Waals surface area contributed by atoms with Crippen LogP contribution in [0.4, 0.5) is 4.79 Å². The molecule has 25 heavy (non-hydrogen) atoms. The second kappa shape index (κ2) is 7.45. The summed E-state index contributed by atoms with van der Waals surface area (Å²) in [5.74, 6) is 0.782. The number of likely N-dealkylation sites (tertiary alicyclic amines) is 1. The lowest BCUT2D eigenvalue weighted by Crippen LogP contribution is -2.45. The number of ether oxygens (including phenoxy) is 1. The number of piperidine rings is 1. The maximum Gasteiger partial charge on any atom is 0.410 e. The van der Waals surface area contributed by atoms with Crippen molar-refractivity contribution in [2.75, 3.05) is 20.1 Å². The normalized spacial score (nSPS) is 16.0. The van der Waals surface area contributed by atoms with Gasteiger partial charge in [-0.05, 0) is 47.5 Å². The first kappa shape index (κ1) is 19.3. The minimum atomic E-state index is -0.502. The van der Waals surface area contributed by atoms with Crippen LogP contribution < -0.4 is 0 Å². The zero-order valence-corrected chi connectivity index (χ0v) is 16.1. The van der Waals surface area contributed by atoms with E-state index >= 15 is 0 Å². The summed E-state index contributed by atoms with van der Waals surface area (Å²) in [7, 11) is 1.80. The fourth-order valence-electron chi connectivity index (χ4n) is 2.99. The quantitative estimate of drug-likeness (QED) is 0.837. The van der Waals surface area contributed by atoms with Gasteiger partial charge < -0.3 is 19.1 Å². The second-order valence-electron chi connectivity index (χ2n) is 7.74. The third kappa shape index (κ3) is 4.96. The standard InChI is InChI=1S/C18H29N3O4/c1-12-15(13(2)25-19-12)11-20(6)16(22)14-7-9-21(10-8-14)17(23)24-18(3,4)5/h14H,7-11H2,1-6H3. The SMILES string of the molecule is Cc1noc(C)c1CN(C)C(=O)C1CCN(C(=O)OC(C)(C)C)CC1. The Morgan fingerprint density at radius 2 is 1.88 bits per heavy atom. The molecular formula is C18H29N3O4. The molecule has 7 heteroatoms. The molecule has 0 bridgehead atoms. The highest BCUT2D eigenvalue weighted by atomic mass is 16.6. The number of aromatic nitrogens is 1. The maximum atomic E-state index is 12.7. The fourth-order valence-corrected chi connectivity index (χ4v) is 2.99. The van der Waals surface area contributed by atoms with Crippen LogP contribution in [0.25, 0.3) is 0 Å². The Hall–Kier alpha value is -2.05. The minimum Gasteiger partial charge on any atom is -0.444 e. The summed E-state index contributed by atoms with van der Waals surface area (Å²) in [5, 5.41) is 3.93. The van der Waals surface area contributed by atoms with Crippen LogP contribution in [0.5, 0.6) is 0 Å². The van der Waals surface area contributed by atoms with Gasteiger partial charge >= 0.3 is 6.09 Å². The number of amides is 2. The van der Waals surface area contributed by atoms with E-state index in [1.54, 1.807) is 16.8 Å². The lowest BCUT2D eigenvalue weighted by atomic mass is 9.95. The van der Waals surface area contributed by atoms with Gasteiger partial charge in [-0.15, -0.1) is 0 Å². The molecule has 0 aliphatic carbocycles. The summed E-state index contributed by atoms with van der Waals surface area (Å²) in [6.07, 6.45) is 1.01. The van der Waals surface area contributed by atoms with Crippen LogP contribution in [0, 0.1) is 19.8 Å². The molecule has 1 aromatic heterocycles. The molecule has 2 rings (SSSR count). The van der Waals surface area contributed by atoms with E-state index in [9.17, 15) is 9.59 Å². The zero-order valence-electron chi connectivity index (χ0n) is 16.1. The van der Waals surface area contributed by atoms with Gasteiger partial charge in [0.2, 0.25) is 5.91 Å². The molecule has 7 nitrogen and oxygen atoms in total. The lowest BCUT2D eigenvalue weighted by Gasteiger charge is -2.34. The van der Waals surface area contributed by atoms with E-state index in [0.717, 1.165) is 17.0 Å². The maximum absolute atomic E-state index is 12.7. The Balaban J connectivity index is 1.87. The van der Waals surface area contributed by atoms with Crippen molar-refractivity contribution in [1.82, 2.24) is 15.0 Å². The molecule has 1 aliphatic rings. The molecule has 0 saturated carbocycles. The van der Waals surface area contributed by atoms with Gasteiger partial charge in [0.15, 0.2) is 0 Å². The highest BCUT2D eigenvalue weighted by molar-refractivity contribution is 5.79. The summed E-state index contributed by atoms with van der Waals surface area (Å²) in [6, 6.07) is 0. The first-order valence-electron chi connectivity index (χ1n) is 8.73. The van der Waals surface area contributed by atoms with Crippen molar-refractivity contribution in [3.8, 4) is 0 Å². The van der Waals surface area contributed by atoms with Crippen molar-refractivity contribution in [3.63, 3.8) is 0 Å². The van der Waals surface area contributed by atoms with Crippen LogP contribution in [-0.4, -0.2) is 52.7 Å². The molecule has 140 valence electrons. The number of hydrogen-bond donors (Lipinski definition) is 0. The van der Waals surface area contributed by atoms with Crippen LogP contribution in [0.2, 0.25) is 0 Å². The first-order valence-corrected chi connectivity index (χ1v) is 8.73. The van der Waals surface area contributed by atoms with Gasteiger partial charge in [-0.25, -0.2) is 4.79 Å². The molecule has 0 aromatic carbocycles. The predicted octanol–water partition coefficient (Wildman–Crippen LogP) is 2.90. The zero-order chi connectivity index (χ0) is 18.8. The Morgan fingerprint density at radius 1 is 1.28 bits per heavy atom. The number of carbonyl (C=O) groups excluding carboxylic acids is 2. The van der Waals surface area contributed by atoms with Gasteiger partial charge in [0.1, 0.15) is 11.4 Å². The summed E-state index contributed by atoms with van der Waals surface area (Å²) >= 11 is 0. The summed E-state index contributed by atoms with van der Waals surface area (Å²) in [6.45, 7) is 10.9. The average molecular weight is 351 g/mol. The molecule has 0 radical (unpaired) electrons. The highest BCUT2D eigenvalue weighted by Gasteiger charge is 2.31. The number of rotatable bonds is 3. The van der Waals surface area contributed by atoms with Crippen LogP contribution in [0.3, 0.4) is 0 Å². The van der Waals surface area contributed by atoms with Gasteiger partial charge in [0.05, 0.1) is 12.2 Å². The molecule has 0 spiro atoms. The predicted molar refractivity (Wildman–Crippen MR) is 93.0 cm³/mol. The van der Waals surface area contributed by atoms with E-state index in [0.29, 0.717) is 32.5 Å². The molecule has 2 amide bonds. The Morgan fingerprint density at radius 3 is 2.36 bits per heavy atom. The van der Waals surface area contributed by atoms with E-state index < -0.39 is 5.60 Å². The number of aryl methyl sites for hydroxylation is 2. The van der Waals surface area contributed by atoms with E-state index in [4.69, 9.17) is 9.26 Å². The third-order valence-electron chi connectivity index (χ3n) is 4.45. The van der Waals surface area contributed by atoms with Gasteiger partial charge in [-0.3, -0.25) is 4.79 Å². The molecule has 1 saturated heterocycles. The summed E-state index contributed by atoms with van der Waals surface area (Å²) < 4.78 is 10.5. The molecule has 1 fully saturated rings. The lowest BCUT2D eigenvalue weighted by molar-refractivity contribution is -0.136. The molecule has 0 atom stereocenters. The van der Waals surface area contributed by atoms with Gasteiger partial charge in [-0.2, -0.15) is 0 Å². The number of carbonyl (C=O) groups is 2. The molecule has 0 N–H and O–H groups in total. The Bertz CT molecular complexity index is 605. The average Bonchev–Trinajstić information content (AvgIpc) is 2.84. The molecular weight excluding hydrogens is 322 g/mol. The molecule has 1 aromatic rings. The van der Waals surface area contributed by atoms with Gasteiger partial charge in [0, 0.05) is 31.6 Å². The van der Waals surface area contributed by atoms with E-state index in [-0.39, 0.29) is 17.9 Å². The molecule has 2 heterocycles. The second-order valence-corrected chi connectivity index (χ2v) is 7.74. The first-order chi connectivity index (χ1) is 11.6. The van der Waals surface area contributed by atoms with Gasteiger partial charge in [-0.1, -0.05) is 5.16 Å². The molecule has 0 unspecified atom stereocenters. The van der Waals surface area contributed by atoms with Crippen LogP contribution in [0.15, 0.2) is 4.52 Å².